The maximum absolute atomic E-state index is 11.5. The molecule has 102 valence electrons. The number of anilines is 1. The van der Waals surface area contributed by atoms with E-state index in [1.165, 1.54) is 6.07 Å². The Morgan fingerprint density at radius 3 is 2.79 bits per heavy atom. The van der Waals surface area contributed by atoms with Crippen molar-refractivity contribution in [3.05, 3.63) is 40.8 Å². The summed E-state index contributed by atoms with van der Waals surface area (Å²) in [5.74, 6) is 0.202. The van der Waals surface area contributed by atoms with E-state index in [4.69, 9.17) is 5.14 Å². The van der Waals surface area contributed by atoms with Crippen LogP contribution >= 0.6 is 11.3 Å². The van der Waals surface area contributed by atoms with Gasteiger partial charge in [0, 0.05) is 24.0 Å². The maximum Gasteiger partial charge on any atom is 0.240 e. The Balaban J connectivity index is 2.12. The second-order valence-electron chi connectivity index (χ2n) is 4.19. The summed E-state index contributed by atoms with van der Waals surface area (Å²) in [7, 11) is -3.71. The van der Waals surface area contributed by atoms with E-state index in [0.29, 0.717) is 12.2 Å². The molecule has 0 saturated carbocycles. The molecule has 1 aromatic carbocycles. The first-order valence-electron chi connectivity index (χ1n) is 5.73. The number of rotatable bonds is 5. The predicted molar refractivity (Wildman–Crippen MR) is 76.8 cm³/mol. The van der Waals surface area contributed by atoms with Crippen molar-refractivity contribution in [2.45, 2.75) is 17.7 Å². The molecule has 0 aliphatic carbocycles. The van der Waals surface area contributed by atoms with E-state index in [1.807, 2.05) is 12.3 Å². The SMILES string of the molecule is CC(CNc1ccccc1S(N)(=O)=O)c1nccs1. The monoisotopic (exact) mass is 297 g/mol. The summed E-state index contributed by atoms with van der Waals surface area (Å²) in [5.41, 5.74) is 0.522. The Morgan fingerprint density at radius 2 is 2.16 bits per heavy atom. The topological polar surface area (TPSA) is 85.1 Å². The van der Waals surface area contributed by atoms with Gasteiger partial charge >= 0.3 is 0 Å². The van der Waals surface area contributed by atoms with Gasteiger partial charge in [-0.05, 0) is 12.1 Å². The first kappa shape index (κ1) is 14.0. The Bertz CT molecular complexity index is 639. The summed E-state index contributed by atoms with van der Waals surface area (Å²) in [5, 5.41) is 11.2. The summed E-state index contributed by atoms with van der Waals surface area (Å²) < 4.78 is 22.9. The van der Waals surface area contributed by atoms with Gasteiger partial charge in [-0.1, -0.05) is 19.1 Å². The van der Waals surface area contributed by atoms with Crippen molar-refractivity contribution in [3.63, 3.8) is 0 Å². The van der Waals surface area contributed by atoms with Crippen LogP contribution in [0, 0.1) is 0 Å². The van der Waals surface area contributed by atoms with Gasteiger partial charge in [-0.25, -0.2) is 18.5 Å². The number of hydrogen-bond donors (Lipinski definition) is 2. The van der Waals surface area contributed by atoms with Crippen LogP contribution < -0.4 is 10.5 Å². The van der Waals surface area contributed by atoms with E-state index in [-0.39, 0.29) is 10.8 Å². The third-order valence-corrected chi connectivity index (χ3v) is 4.64. The average Bonchev–Trinajstić information content (AvgIpc) is 2.89. The van der Waals surface area contributed by atoms with Crippen molar-refractivity contribution >= 4 is 27.0 Å². The second-order valence-corrected chi connectivity index (χ2v) is 6.65. The lowest BCUT2D eigenvalue weighted by Crippen LogP contribution is -2.17. The van der Waals surface area contributed by atoms with E-state index in [1.54, 1.807) is 35.7 Å². The molecule has 2 rings (SSSR count). The highest BCUT2D eigenvalue weighted by Gasteiger charge is 2.14. The van der Waals surface area contributed by atoms with Crippen LogP contribution in [0.2, 0.25) is 0 Å². The van der Waals surface area contributed by atoms with Crippen LogP contribution in [0.5, 0.6) is 0 Å². The Hall–Kier alpha value is -1.44. The van der Waals surface area contributed by atoms with Crippen LogP contribution in [-0.2, 0) is 10.0 Å². The van der Waals surface area contributed by atoms with Crippen LogP contribution in [0.15, 0.2) is 40.7 Å². The minimum atomic E-state index is -3.71. The zero-order chi connectivity index (χ0) is 13.9. The number of primary sulfonamides is 1. The molecule has 1 heterocycles. The predicted octanol–water partition coefficient (Wildman–Crippen LogP) is 2.01. The molecule has 0 fully saturated rings. The first-order valence-corrected chi connectivity index (χ1v) is 8.16. The molecule has 2 aromatic rings. The van der Waals surface area contributed by atoms with Gasteiger partial charge < -0.3 is 5.32 Å². The number of hydrogen-bond acceptors (Lipinski definition) is 5. The second kappa shape index (κ2) is 5.68. The highest BCUT2D eigenvalue weighted by Crippen LogP contribution is 2.22. The molecule has 19 heavy (non-hydrogen) atoms. The van der Waals surface area contributed by atoms with Crippen LogP contribution in [0.25, 0.3) is 0 Å². The smallest absolute Gasteiger partial charge is 0.240 e. The van der Waals surface area contributed by atoms with Crippen LogP contribution in [0.4, 0.5) is 5.69 Å². The largest absolute Gasteiger partial charge is 0.383 e. The Kier molecular flexibility index (Phi) is 4.18. The van der Waals surface area contributed by atoms with Crippen LogP contribution in [0.1, 0.15) is 17.8 Å². The molecule has 0 amide bonds. The molecule has 0 aliphatic heterocycles. The number of thiazole rings is 1. The summed E-state index contributed by atoms with van der Waals surface area (Å²) in [6.45, 7) is 2.63. The number of benzene rings is 1. The Labute approximate surface area is 116 Å². The molecule has 1 unspecified atom stereocenters. The van der Waals surface area contributed by atoms with E-state index in [0.717, 1.165) is 5.01 Å². The molecular weight excluding hydrogens is 282 g/mol. The highest BCUT2D eigenvalue weighted by molar-refractivity contribution is 7.89. The van der Waals surface area contributed by atoms with Gasteiger partial charge in [-0.3, -0.25) is 0 Å². The number of nitrogens with zero attached hydrogens (tertiary/aromatic N) is 1. The van der Waals surface area contributed by atoms with Crippen molar-refractivity contribution in [2.75, 3.05) is 11.9 Å². The number of nitrogens with one attached hydrogen (secondary N) is 1. The molecule has 0 bridgehead atoms. The molecule has 1 atom stereocenters. The lowest BCUT2D eigenvalue weighted by molar-refractivity contribution is 0.598. The van der Waals surface area contributed by atoms with Gasteiger partial charge in [-0.15, -0.1) is 11.3 Å². The quantitative estimate of drug-likeness (QED) is 0.884. The highest BCUT2D eigenvalue weighted by atomic mass is 32.2. The van der Waals surface area contributed by atoms with Crippen molar-refractivity contribution in [3.8, 4) is 0 Å². The molecule has 0 spiro atoms. The van der Waals surface area contributed by atoms with Crippen molar-refractivity contribution in [1.82, 2.24) is 4.98 Å². The molecule has 0 radical (unpaired) electrons. The molecule has 1 aromatic heterocycles. The minimum Gasteiger partial charge on any atom is -0.383 e. The van der Waals surface area contributed by atoms with E-state index in [9.17, 15) is 8.42 Å². The third kappa shape index (κ3) is 3.52. The van der Waals surface area contributed by atoms with Crippen molar-refractivity contribution in [2.24, 2.45) is 5.14 Å². The molecule has 0 saturated heterocycles. The van der Waals surface area contributed by atoms with Crippen LogP contribution in [-0.4, -0.2) is 19.9 Å². The van der Waals surface area contributed by atoms with Gasteiger partial charge in [0.1, 0.15) is 4.90 Å². The fourth-order valence-electron chi connectivity index (χ4n) is 1.69. The number of nitrogens with two attached hydrogens (primary N) is 1. The summed E-state index contributed by atoms with van der Waals surface area (Å²) in [6.07, 6.45) is 1.76. The number of para-hydroxylation sites is 1. The zero-order valence-electron chi connectivity index (χ0n) is 10.4. The fourth-order valence-corrected chi connectivity index (χ4v) is 3.10. The van der Waals surface area contributed by atoms with Crippen molar-refractivity contribution < 1.29 is 8.42 Å². The van der Waals surface area contributed by atoms with Crippen molar-refractivity contribution in [1.29, 1.82) is 0 Å². The summed E-state index contributed by atoms with van der Waals surface area (Å²) >= 11 is 1.58. The van der Waals surface area contributed by atoms with Crippen LogP contribution in [0.3, 0.4) is 0 Å². The lowest BCUT2D eigenvalue weighted by atomic mass is 10.2. The normalized spacial score (nSPS) is 13.2. The molecular formula is C12H15N3O2S2. The third-order valence-electron chi connectivity index (χ3n) is 2.67. The van der Waals surface area contributed by atoms with Gasteiger partial charge in [0.05, 0.1) is 10.7 Å². The standard InChI is InChI=1S/C12H15N3O2S2/c1-9(12-14-6-7-18-12)8-15-10-4-2-3-5-11(10)19(13,16)17/h2-7,9,15H,8H2,1H3,(H2,13,16,17). The average molecular weight is 297 g/mol. The lowest BCUT2D eigenvalue weighted by Gasteiger charge is -2.13. The first-order chi connectivity index (χ1) is 8.98. The molecule has 0 aliphatic rings. The zero-order valence-corrected chi connectivity index (χ0v) is 12.0. The van der Waals surface area contributed by atoms with E-state index in [2.05, 4.69) is 10.3 Å². The fraction of sp³-hybridized carbons (Fsp3) is 0.250. The van der Waals surface area contributed by atoms with Gasteiger partial charge in [0.25, 0.3) is 0 Å². The summed E-state index contributed by atoms with van der Waals surface area (Å²) in [4.78, 5) is 4.35. The maximum atomic E-state index is 11.5. The molecule has 7 heteroatoms. The Morgan fingerprint density at radius 1 is 1.42 bits per heavy atom. The van der Waals surface area contributed by atoms with E-state index >= 15 is 0 Å². The summed E-state index contributed by atoms with van der Waals surface area (Å²) in [6, 6.07) is 6.61. The number of sulfonamides is 1. The number of aromatic nitrogens is 1. The van der Waals surface area contributed by atoms with Gasteiger partial charge in [0.2, 0.25) is 10.0 Å². The van der Waals surface area contributed by atoms with Gasteiger partial charge in [-0.2, -0.15) is 0 Å². The van der Waals surface area contributed by atoms with E-state index < -0.39 is 10.0 Å². The van der Waals surface area contributed by atoms with Gasteiger partial charge in [0.15, 0.2) is 0 Å². The molecule has 5 nitrogen and oxygen atoms in total. The molecule has 3 N–H and O–H groups in total. The minimum absolute atomic E-state index is 0.112.